The van der Waals surface area contributed by atoms with Gasteiger partial charge in [0.25, 0.3) is 0 Å². The first-order chi connectivity index (χ1) is 9.97. The van der Waals surface area contributed by atoms with Gasteiger partial charge in [0.1, 0.15) is 10.1 Å². The smallest absolute Gasteiger partial charge is 0.223 e. The molecule has 0 aliphatic heterocycles. The summed E-state index contributed by atoms with van der Waals surface area (Å²) in [6.07, 6.45) is 3.62. The lowest BCUT2D eigenvalue weighted by Crippen LogP contribution is -2.06. The lowest BCUT2D eigenvalue weighted by Gasteiger charge is -2.10. The van der Waals surface area contributed by atoms with Crippen LogP contribution in [-0.4, -0.2) is 24.5 Å². The average molecular weight is 459 g/mol. The Bertz CT molecular complexity index is 844. The van der Waals surface area contributed by atoms with Gasteiger partial charge >= 0.3 is 0 Å². The van der Waals surface area contributed by atoms with E-state index in [-0.39, 0.29) is 5.95 Å². The Morgan fingerprint density at radius 1 is 1.29 bits per heavy atom. The van der Waals surface area contributed by atoms with E-state index in [4.69, 9.17) is 5.73 Å². The molecule has 108 valence electrons. The summed E-state index contributed by atoms with van der Waals surface area (Å²) >= 11 is 5.70. The number of aryl methyl sites for hydroxylation is 1. The Morgan fingerprint density at radius 3 is 2.81 bits per heavy atom. The largest absolute Gasteiger partial charge is 0.368 e. The highest BCUT2D eigenvalue weighted by Crippen LogP contribution is 2.23. The van der Waals surface area contributed by atoms with E-state index < -0.39 is 0 Å². The van der Waals surface area contributed by atoms with Crippen LogP contribution in [-0.2, 0) is 6.54 Å². The number of nitrogens with zero attached hydrogens (tertiary/aromatic N) is 5. The molecule has 0 bridgehead atoms. The molecule has 0 atom stereocenters. The van der Waals surface area contributed by atoms with Crippen LogP contribution >= 0.6 is 38.5 Å². The van der Waals surface area contributed by atoms with E-state index in [9.17, 15) is 0 Å². The highest BCUT2D eigenvalue weighted by atomic mass is 127. The van der Waals surface area contributed by atoms with E-state index in [1.165, 1.54) is 14.7 Å². The normalized spacial score (nSPS) is 11.2. The molecule has 0 aliphatic carbocycles. The van der Waals surface area contributed by atoms with Gasteiger partial charge in [0.15, 0.2) is 5.65 Å². The Morgan fingerprint density at radius 2 is 2.05 bits per heavy atom. The SMILES string of the molecule is Cc1cnc(Cn2cnc3c(Br)nc(N)nc32)c(C)c1I. The molecular formula is C13H12BrIN6. The maximum absolute atomic E-state index is 5.71. The summed E-state index contributed by atoms with van der Waals surface area (Å²) in [6.45, 7) is 4.74. The van der Waals surface area contributed by atoms with Crippen LogP contribution < -0.4 is 5.73 Å². The molecule has 0 unspecified atom stereocenters. The summed E-state index contributed by atoms with van der Waals surface area (Å²) in [5.74, 6) is 0.222. The molecule has 3 heterocycles. The van der Waals surface area contributed by atoms with E-state index in [1.807, 2.05) is 10.8 Å². The highest BCUT2D eigenvalue weighted by Gasteiger charge is 2.13. The van der Waals surface area contributed by atoms with Gasteiger partial charge in [-0.3, -0.25) is 4.98 Å². The Hall–Kier alpha value is -1.29. The topological polar surface area (TPSA) is 82.5 Å². The summed E-state index contributed by atoms with van der Waals surface area (Å²) < 4.78 is 3.77. The molecule has 0 aliphatic rings. The number of hydrogen-bond donors (Lipinski definition) is 1. The number of pyridine rings is 1. The van der Waals surface area contributed by atoms with Crippen LogP contribution in [0.3, 0.4) is 0 Å². The van der Waals surface area contributed by atoms with Crippen LogP contribution in [0.1, 0.15) is 16.8 Å². The van der Waals surface area contributed by atoms with Crippen molar-refractivity contribution in [3.05, 3.63) is 37.5 Å². The molecule has 0 aromatic carbocycles. The predicted molar refractivity (Wildman–Crippen MR) is 93.0 cm³/mol. The van der Waals surface area contributed by atoms with Crippen LogP contribution in [0.2, 0.25) is 0 Å². The zero-order valence-corrected chi connectivity index (χ0v) is 15.2. The Labute approximate surface area is 143 Å². The van der Waals surface area contributed by atoms with Crippen LogP contribution in [0.25, 0.3) is 11.2 Å². The van der Waals surface area contributed by atoms with Crippen molar-refractivity contribution in [2.24, 2.45) is 0 Å². The highest BCUT2D eigenvalue weighted by molar-refractivity contribution is 14.1. The number of anilines is 1. The van der Waals surface area contributed by atoms with Gasteiger partial charge in [-0.15, -0.1) is 0 Å². The number of aromatic nitrogens is 5. The van der Waals surface area contributed by atoms with Crippen molar-refractivity contribution in [2.75, 3.05) is 5.73 Å². The molecule has 3 rings (SSSR count). The van der Waals surface area contributed by atoms with Crippen molar-refractivity contribution in [1.82, 2.24) is 24.5 Å². The van der Waals surface area contributed by atoms with Crippen molar-refractivity contribution in [2.45, 2.75) is 20.4 Å². The summed E-state index contributed by atoms with van der Waals surface area (Å²) in [5, 5.41) is 0. The summed E-state index contributed by atoms with van der Waals surface area (Å²) in [6, 6.07) is 0. The molecule has 8 heteroatoms. The Kier molecular flexibility index (Phi) is 3.82. The second-order valence-corrected chi connectivity index (χ2v) is 6.57. The fraction of sp³-hybridized carbons (Fsp3) is 0.231. The van der Waals surface area contributed by atoms with Gasteiger partial charge in [-0.25, -0.2) is 9.97 Å². The minimum atomic E-state index is 0.222. The molecule has 2 N–H and O–H groups in total. The van der Waals surface area contributed by atoms with Gasteiger partial charge in [-0.05, 0) is 63.5 Å². The van der Waals surface area contributed by atoms with Gasteiger partial charge in [-0.2, -0.15) is 4.98 Å². The minimum Gasteiger partial charge on any atom is -0.368 e. The van der Waals surface area contributed by atoms with Crippen molar-refractivity contribution >= 4 is 55.6 Å². The van der Waals surface area contributed by atoms with Crippen molar-refractivity contribution in [3.8, 4) is 0 Å². The quantitative estimate of drug-likeness (QED) is 0.471. The maximum Gasteiger partial charge on any atom is 0.223 e. The van der Waals surface area contributed by atoms with Crippen LogP contribution in [0.15, 0.2) is 17.1 Å². The van der Waals surface area contributed by atoms with Gasteiger partial charge in [0.2, 0.25) is 5.95 Å². The molecule has 21 heavy (non-hydrogen) atoms. The second-order valence-electron chi connectivity index (χ2n) is 4.74. The first-order valence-corrected chi connectivity index (χ1v) is 8.09. The third kappa shape index (κ3) is 2.61. The molecule has 0 saturated heterocycles. The van der Waals surface area contributed by atoms with Crippen molar-refractivity contribution < 1.29 is 0 Å². The van der Waals surface area contributed by atoms with Crippen LogP contribution in [0, 0.1) is 17.4 Å². The molecule has 3 aromatic heterocycles. The summed E-state index contributed by atoms with van der Waals surface area (Å²) in [7, 11) is 0. The predicted octanol–water partition coefficient (Wildman–Crippen LogP) is 2.84. The van der Waals surface area contributed by atoms with E-state index in [1.54, 1.807) is 6.33 Å². The van der Waals surface area contributed by atoms with Gasteiger partial charge in [0, 0.05) is 9.77 Å². The number of halogens is 2. The molecule has 0 fully saturated rings. The molecule has 0 saturated carbocycles. The zero-order chi connectivity index (χ0) is 15.1. The van der Waals surface area contributed by atoms with Crippen molar-refractivity contribution in [1.29, 1.82) is 0 Å². The molecule has 0 amide bonds. The molecular weight excluding hydrogens is 447 g/mol. The number of imidazole rings is 1. The molecule has 3 aromatic rings. The third-order valence-corrected chi connectivity index (χ3v) is 5.49. The lowest BCUT2D eigenvalue weighted by atomic mass is 10.1. The molecule has 0 spiro atoms. The Balaban J connectivity index is 2.09. The van der Waals surface area contributed by atoms with E-state index in [0.717, 1.165) is 5.69 Å². The average Bonchev–Trinajstić information content (AvgIpc) is 2.83. The standard InChI is InChI=1S/C13H12BrIN6/c1-6-3-17-8(7(2)9(6)15)4-21-5-18-10-11(14)19-13(16)20-12(10)21/h3,5H,4H2,1-2H3,(H2,16,19,20). The van der Waals surface area contributed by atoms with Crippen LogP contribution in [0.4, 0.5) is 5.95 Å². The van der Waals surface area contributed by atoms with Gasteiger partial charge < -0.3 is 10.3 Å². The maximum atomic E-state index is 5.71. The first-order valence-electron chi connectivity index (χ1n) is 6.21. The molecule has 0 radical (unpaired) electrons. The summed E-state index contributed by atoms with van der Waals surface area (Å²) in [4.78, 5) is 17.2. The molecule has 6 nitrogen and oxygen atoms in total. The van der Waals surface area contributed by atoms with Crippen LogP contribution in [0.5, 0.6) is 0 Å². The minimum absolute atomic E-state index is 0.222. The lowest BCUT2D eigenvalue weighted by molar-refractivity contribution is 0.778. The second kappa shape index (κ2) is 5.48. The van der Waals surface area contributed by atoms with Gasteiger partial charge in [0.05, 0.1) is 18.6 Å². The van der Waals surface area contributed by atoms with Gasteiger partial charge in [-0.1, -0.05) is 0 Å². The van der Waals surface area contributed by atoms with E-state index in [0.29, 0.717) is 22.3 Å². The number of fused-ring (bicyclic) bond motifs is 1. The number of rotatable bonds is 2. The zero-order valence-electron chi connectivity index (χ0n) is 11.4. The van der Waals surface area contributed by atoms with E-state index >= 15 is 0 Å². The fourth-order valence-electron chi connectivity index (χ4n) is 2.11. The van der Waals surface area contributed by atoms with E-state index in [2.05, 4.69) is 72.3 Å². The summed E-state index contributed by atoms with van der Waals surface area (Å²) in [5.41, 5.74) is 10.5. The number of hydrogen-bond acceptors (Lipinski definition) is 5. The van der Waals surface area contributed by atoms with Crippen molar-refractivity contribution in [3.63, 3.8) is 0 Å². The fourth-order valence-corrected chi connectivity index (χ4v) is 3.02. The first kappa shape index (κ1) is 14.6. The number of nitrogen functional groups attached to an aromatic ring is 1. The monoisotopic (exact) mass is 458 g/mol. The third-order valence-electron chi connectivity index (χ3n) is 3.28. The number of nitrogens with two attached hydrogens (primary N) is 1.